The highest BCUT2D eigenvalue weighted by Crippen LogP contribution is 2.23. The molecule has 0 bridgehead atoms. The molecular weight excluding hydrogens is 278 g/mol. The fourth-order valence-electron chi connectivity index (χ4n) is 2.84. The van der Waals surface area contributed by atoms with Crippen LogP contribution in [0.3, 0.4) is 0 Å². The zero-order valence-electron chi connectivity index (χ0n) is 13.9. The average molecular weight is 301 g/mol. The first kappa shape index (κ1) is 15.5. The topological polar surface area (TPSA) is 12.9 Å². The molecule has 0 N–H and O–H groups in total. The van der Waals surface area contributed by atoms with Gasteiger partial charge in [0, 0.05) is 11.8 Å². The van der Waals surface area contributed by atoms with Gasteiger partial charge >= 0.3 is 0 Å². The fourth-order valence-corrected chi connectivity index (χ4v) is 2.84. The van der Waals surface area contributed by atoms with Crippen molar-refractivity contribution in [3.8, 4) is 11.3 Å². The van der Waals surface area contributed by atoms with Gasteiger partial charge in [-0.05, 0) is 48.9 Å². The van der Waals surface area contributed by atoms with Gasteiger partial charge in [0.2, 0.25) is 0 Å². The smallest absolute Gasteiger partial charge is 0.0704 e. The Balaban J connectivity index is 1.69. The van der Waals surface area contributed by atoms with Crippen LogP contribution in [0.4, 0.5) is 0 Å². The van der Waals surface area contributed by atoms with Crippen LogP contribution in [0.2, 0.25) is 0 Å². The molecule has 23 heavy (non-hydrogen) atoms. The Labute approximate surface area is 139 Å². The lowest BCUT2D eigenvalue weighted by atomic mass is 9.94. The number of aromatic nitrogens is 1. The highest BCUT2D eigenvalue weighted by Gasteiger charge is 2.06. The molecule has 3 aromatic rings. The molecule has 0 spiro atoms. The fraction of sp³-hybridized carbons (Fsp3) is 0.227. The van der Waals surface area contributed by atoms with Gasteiger partial charge in [-0.2, -0.15) is 0 Å². The lowest BCUT2D eigenvalue weighted by molar-refractivity contribution is 0.679. The average Bonchev–Trinajstić information content (AvgIpc) is 2.61. The first-order valence-electron chi connectivity index (χ1n) is 8.29. The second-order valence-electron chi connectivity index (χ2n) is 6.27. The third-order valence-corrected chi connectivity index (χ3v) is 4.41. The Bertz CT molecular complexity index is 744. The van der Waals surface area contributed by atoms with E-state index in [1.54, 1.807) is 0 Å². The van der Waals surface area contributed by atoms with Crippen LogP contribution in [0.15, 0.2) is 72.9 Å². The van der Waals surface area contributed by atoms with Gasteiger partial charge in [-0.25, -0.2) is 0 Å². The minimum atomic E-state index is 0.576. The number of rotatable bonds is 5. The molecule has 0 aliphatic rings. The van der Waals surface area contributed by atoms with Gasteiger partial charge in [-0.15, -0.1) is 0 Å². The van der Waals surface area contributed by atoms with Gasteiger partial charge in [-0.1, -0.05) is 67.1 Å². The van der Waals surface area contributed by atoms with Crippen LogP contribution in [0.25, 0.3) is 11.3 Å². The number of hydrogen-bond donors (Lipinski definition) is 0. The van der Waals surface area contributed by atoms with Crippen molar-refractivity contribution in [3.63, 3.8) is 0 Å². The Kier molecular flexibility index (Phi) is 4.87. The van der Waals surface area contributed by atoms with Crippen LogP contribution in [0.1, 0.15) is 36.0 Å². The van der Waals surface area contributed by atoms with E-state index in [2.05, 4.69) is 85.6 Å². The summed E-state index contributed by atoms with van der Waals surface area (Å²) < 4.78 is 0. The van der Waals surface area contributed by atoms with Crippen LogP contribution in [-0.2, 0) is 6.42 Å². The Morgan fingerprint density at radius 1 is 0.913 bits per heavy atom. The van der Waals surface area contributed by atoms with E-state index in [-0.39, 0.29) is 0 Å². The molecule has 2 aromatic carbocycles. The number of aryl methyl sites for hydroxylation is 2. The maximum atomic E-state index is 4.52. The maximum absolute atomic E-state index is 4.52. The third-order valence-electron chi connectivity index (χ3n) is 4.41. The first-order chi connectivity index (χ1) is 11.2. The molecule has 0 radical (unpaired) electrons. The molecule has 0 amide bonds. The van der Waals surface area contributed by atoms with Gasteiger partial charge in [0.1, 0.15) is 0 Å². The summed E-state index contributed by atoms with van der Waals surface area (Å²) in [5.74, 6) is 0.576. The molecule has 0 fully saturated rings. The van der Waals surface area contributed by atoms with Gasteiger partial charge in [-0.3, -0.25) is 4.98 Å². The number of pyridine rings is 1. The summed E-state index contributed by atoms with van der Waals surface area (Å²) in [4.78, 5) is 4.52. The van der Waals surface area contributed by atoms with Crippen LogP contribution < -0.4 is 0 Å². The largest absolute Gasteiger partial charge is 0.256 e. The molecule has 3 rings (SSSR count). The van der Waals surface area contributed by atoms with Crippen LogP contribution in [0.5, 0.6) is 0 Å². The van der Waals surface area contributed by atoms with E-state index >= 15 is 0 Å². The predicted octanol–water partition coefficient (Wildman–Crippen LogP) is 5.79. The van der Waals surface area contributed by atoms with Crippen molar-refractivity contribution < 1.29 is 0 Å². The lowest BCUT2D eigenvalue weighted by Gasteiger charge is -2.12. The van der Waals surface area contributed by atoms with E-state index in [4.69, 9.17) is 0 Å². The zero-order valence-corrected chi connectivity index (χ0v) is 13.9. The predicted molar refractivity (Wildman–Crippen MR) is 97.6 cm³/mol. The third kappa shape index (κ3) is 4.07. The normalized spacial score (nSPS) is 12.1. The summed E-state index contributed by atoms with van der Waals surface area (Å²) >= 11 is 0. The van der Waals surface area contributed by atoms with Gasteiger partial charge in [0.25, 0.3) is 0 Å². The molecule has 0 saturated carbocycles. The molecule has 0 aliphatic heterocycles. The van der Waals surface area contributed by atoms with Gasteiger partial charge in [0.15, 0.2) is 0 Å². The van der Waals surface area contributed by atoms with Crippen molar-refractivity contribution in [1.29, 1.82) is 0 Å². The molecule has 0 saturated heterocycles. The number of benzene rings is 2. The minimum Gasteiger partial charge on any atom is -0.256 e. The second kappa shape index (κ2) is 7.23. The van der Waals surface area contributed by atoms with Crippen molar-refractivity contribution in [3.05, 3.63) is 89.6 Å². The van der Waals surface area contributed by atoms with Crippen LogP contribution in [-0.4, -0.2) is 4.98 Å². The maximum Gasteiger partial charge on any atom is 0.0704 e. The molecule has 116 valence electrons. The van der Waals surface area contributed by atoms with E-state index < -0.39 is 0 Å². The molecule has 1 aromatic heterocycles. The van der Waals surface area contributed by atoms with Crippen molar-refractivity contribution in [1.82, 2.24) is 4.98 Å². The number of nitrogens with zero attached hydrogens (tertiary/aromatic N) is 1. The van der Waals surface area contributed by atoms with Crippen molar-refractivity contribution in [2.45, 2.75) is 32.6 Å². The first-order valence-corrected chi connectivity index (χ1v) is 8.29. The lowest BCUT2D eigenvalue weighted by Crippen LogP contribution is -1.97. The molecular formula is C22H23N. The molecule has 1 heterocycles. The van der Waals surface area contributed by atoms with Crippen molar-refractivity contribution >= 4 is 0 Å². The summed E-state index contributed by atoms with van der Waals surface area (Å²) in [5, 5.41) is 0. The Hall–Kier alpha value is -2.41. The van der Waals surface area contributed by atoms with E-state index in [0.717, 1.165) is 18.5 Å². The van der Waals surface area contributed by atoms with Gasteiger partial charge in [0.05, 0.1) is 5.69 Å². The summed E-state index contributed by atoms with van der Waals surface area (Å²) in [5.41, 5.74) is 6.31. The summed E-state index contributed by atoms with van der Waals surface area (Å²) in [6, 6.07) is 23.7. The standard InChI is InChI=1S/C22H23N/c1-17-8-12-21(13-9-17)22-16-19(14-15-23-22)11-10-18(2)20-6-4-3-5-7-20/h3-9,12-16,18H,10-11H2,1-2H3/t18-/m0/s1. The highest BCUT2D eigenvalue weighted by molar-refractivity contribution is 5.60. The Morgan fingerprint density at radius 2 is 1.65 bits per heavy atom. The van der Waals surface area contributed by atoms with Crippen LogP contribution >= 0.6 is 0 Å². The molecule has 1 atom stereocenters. The van der Waals surface area contributed by atoms with E-state index in [0.29, 0.717) is 5.92 Å². The minimum absolute atomic E-state index is 0.576. The quantitative estimate of drug-likeness (QED) is 0.581. The van der Waals surface area contributed by atoms with Gasteiger partial charge < -0.3 is 0 Å². The summed E-state index contributed by atoms with van der Waals surface area (Å²) in [6.45, 7) is 4.41. The van der Waals surface area contributed by atoms with E-state index in [1.807, 2.05) is 6.20 Å². The molecule has 0 unspecified atom stereocenters. The monoisotopic (exact) mass is 301 g/mol. The number of hydrogen-bond acceptors (Lipinski definition) is 1. The molecule has 0 aliphatic carbocycles. The highest BCUT2D eigenvalue weighted by atomic mass is 14.7. The van der Waals surface area contributed by atoms with Crippen molar-refractivity contribution in [2.24, 2.45) is 0 Å². The van der Waals surface area contributed by atoms with E-state index in [1.165, 1.54) is 22.3 Å². The molecule has 1 nitrogen and oxygen atoms in total. The van der Waals surface area contributed by atoms with Crippen molar-refractivity contribution in [2.75, 3.05) is 0 Å². The van der Waals surface area contributed by atoms with E-state index in [9.17, 15) is 0 Å². The van der Waals surface area contributed by atoms with Crippen LogP contribution in [0, 0.1) is 6.92 Å². The molecule has 1 heteroatoms. The zero-order chi connectivity index (χ0) is 16.1. The SMILES string of the molecule is Cc1ccc(-c2cc(CC[C@H](C)c3ccccc3)ccn2)cc1. The second-order valence-corrected chi connectivity index (χ2v) is 6.27. The summed E-state index contributed by atoms with van der Waals surface area (Å²) in [7, 11) is 0. The Morgan fingerprint density at radius 3 is 2.39 bits per heavy atom. The summed E-state index contributed by atoms with van der Waals surface area (Å²) in [6.07, 6.45) is 4.16.